The van der Waals surface area contributed by atoms with Crippen LogP contribution in [0.3, 0.4) is 0 Å². The summed E-state index contributed by atoms with van der Waals surface area (Å²) in [5, 5.41) is 8.90. The van der Waals surface area contributed by atoms with Gasteiger partial charge in [0.05, 0.1) is 12.2 Å². The van der Waals surface area contributed by atoms with Crippen LogP contribution in [-0.2, 0) is 11.0 Å². The highest BCUT2D eigenvalue weighted by molar-refractivity contribution is 7.97. The summed E-state index contributed by atoms with van der Waals surface area (Å²) < 4.78 is 78.4. The van der Waals surface area contributed by atoms with Crippen molar-refractivity contribution >= 4 is 17.9 Å². The zero-order valence-electron chi connectivity index (χ0n) is 19.7. The van der Waals surface area contributed by atoms with E-state index in [1.54, 1.807) is 24.3 Å². The van der Waals surface area contributed by atoms with Crippen molar-refractivity contribution in [1.29, 1.82) is 0 Å². The molecule has 2 aromatic carbocycles. The number of benzene rings is 2. The minimum absolute atomic E-state index is 0.0139. The molecule has 0 radical (unpaired) electrons. The van der Waals surface area contributed by atoms with Crippen LogP contribution in [0.1, 0.15) is 31.2 Å². The first kappa shape index (κ1) is 28.5. The Morgan fingerprint density at radius 1 is 1.03 bits per heavy atom. The summed E-state index contributed by atoms with van der Waals surface area (Å²) in [7, 11) is 0. The largest absolute Gasteiger partial charge is 0.494 e. The highest BCUT2D eigenvalue weighted by Crippen LogP contribution is 2.32. The monoisotopic (exact) mass is 543 g/mol. The lowest BCUT2D eigenvalue weighted by Gasteiger charge is -2.21. The fraction of sp³-hybridized carbons (Fsp3) is 0.346. The van der Waals surface area contributed by atoms with Crippen LogP contribution in [0.2, 0.25) is 0 Å². The number of rotatable bonds is 13. The number of nitrogens with zero attached hydrogens (tertiary/aromatic N) is 1. The topological polar surface area (TPSA) is 59.0 Å². The number of carbonyl (C=O) groups is 1. The van der Waals surface area contributed by atoms with E-state index in [0.717, 1.165) is 18.2 Å². The van der Waals surface area contributed by atoms with Crippen molar-refractivity contribution in [3.8, 4) is 11.5 Å². The second kappa shape index (κ2) is 13.5. The second-order valence-electron chi connectivity index (χ2n) is 8.15. The summed E-state index contributed by atoms with van der Waals surface area (Å²) in [6.07, 6.45) is -2.54. The van der Waals surface area contributed by atoms with Crippen LogP contribution < -0.4 is 9.47 Å². The van der Waals surface area contributed by atoms with Gasteiger partial charge in [-0.2, -0.15) is 13.2 Å². The van der Waals surface area contributed by atoms with E-state index in [4.69, 9.17) is 14.6 Å². The molecule has 5 nitrogen and oxygen atoms in total. The number of hydrogen-bond donors (Lipinski definition) is 1. The van der Waals surface area contributed by atoms with E-state index in [9.17, 15) is 26.7 Å². The SMILES string of the molecule is O=C(O)CCCN(CCCOc1ccc(OC2=CCC(F)C=C2F)cc1)Sc1ccc(C(F)(F)F)cc1. The van der Waals surface area contributed by atoms with Crippen molar-refractivity contribution < 1.29 is 41.3 Å². The molecule has 1 aliphatic rings. The molecule has 11 heteroatoms. The molecule has 1 unspecified atom stereocenters. The van der Waals surface area contributed by atoms with Gasteiger partial charge in [-0.05, 0) is 85.5 Å². The Morgan fingerprint density at radius 3 is 2.30 bits per heavy atom. The summed E-state index contributed by atoms with van der Waals surface area (Å²) >= 11 is 1.26. The van der Waals surface area contributed by atoms with E-state index in [2.05, 4.69) is 0 Å². The fourth-order valence-corrected chi connectivity index (χ4v) is 4.34. The molecule has 200 valence electrons. The van der Waals surface area contributed by atoms with Gasteiger partial charge in [-0.1, -0.05) is 0 Å². The van der Waals surface area contributed by atoms with Crippen molar-refractivity contribution in [2.45, 2.75) is 42.9 Å². The molecule has 0 aliphatic heterocycles. The van der Waals surface area contributed by atoms with Gasteiger partial charge in [0, 0.05) is 30.8 Å². The number of carboxylic acids is 1. The standard InChI is InChI=1S/C26H26F5NO4S/c27-19-6-13-24(23(28)17-19)36-21-9-7-20(8-10-21)35-16-2-15-32(14-1-3-25(33)34)37-22-11-4-18(5-12-22)26(29,30)31/h4-5,7-13,17,19H,1-3,6,14-16H2,(H,33,34). The lowest BCUT2D eigenvalue weighted by Crippen LogP contribution is -2.21. The van der Waals surface area contributed by atoms with Crippen LogP contribution in [0.25, 0.3) is 0 Å². The lowest BCUT2D eigenvalue weighted by atomic mass is 10.1. The second-order valence-corrected chi connectivity index (χ2v) is 9.32. The van der Waals surface area contributed by atoms with E-state index in [-0.39, 0.29) is 18.6 Å². The van der Waals surface area contributed by atoms with E-state index in [1.165, 1.54) is 30.2 Å². The van der Waals surface area contributed by atoms with Gasteiger partial charge < -0.3 is 14.6 Å². The molecule has 1 atom stereocenters. The number of allylic oxidation sites excluding steroid dienone is 3. The molecule has 0 bridgehead atoms. The average molecular weight is 544 g/mol. The van der Waals surface area contributed by atoms with Gasteiger partial charge in [0.1, 0.15) is 17.7 Å². The fourth-order valence-electron chi connectivity index (χ4n) is 3.34. The summed E-state index contributed by atoms with van der Waals surface area (Å²) in [6, 6.07) is 11.3. The highest BCUT2D eigenvalue weighted by atomic mass is 32.2. The molecule has 0 amide bonds. The Hall–Kier alpha value is -3.05. The van der Waals surface area contributed by atoms with E-state index in [1.807, 2.05) is 4.31 Å². The molecule has 0 heterocycles. The molecule has 3 rings (SSSR count). The summed E-state index contributed by atoms with van der Waals surface area (Å²) in [4.78, 5) is 11.5. The smallest absolute Gasteiger partial charge is 0.416 e. The predicted octanol–water partition coefficient (Wildman–Crippen LogP) is 7.21. The molecule has 0 spiro atoms. The first-order valence-electron chi connectivity index (χ1n) is 11.5. The van der Waals surface area contributed by atoms with Gasteiger partial charge in [-0.25, -0.2) is 13.1 Å². The third kappa shape index (κ3) is 9.73. The average Bonchev–Trinajstić information content (AvgIpc) is 2.84. The summed E-state index contributed by atoms with van der Waals surface area (Å²) in [5.74, 6) is -0.771. The van der Waals surface area contributed by atoms with E-state index >= 15 is 0 Å². The van der Waals surface area contributed by atoms with Gasteiger partial charge in [0.2, 0.25) is 0 Å². The molecule has 0 aromatic heterocycles. The van der Waals surface area contributed by atoms with Crippen molar-refractivity contribution in [1.82, 2.24) is 4.31 Å². The summed E-state index contributed by atoms with van der Waals surface area (Å²) in [5.41, 5.74) is -0.732. The maximum atomic E-state index is 13.8. The highest BCUT2D eigenvalue weighted by Gasteiger charge is 2.30. The maximum Gasteiger partial charge on any atom is 0.416 e. The van der Waals surface area contributed by atoms with Gasteiger partial charge in [-0.15, -0.1) is 0 Å². The Labute approximate surface area is 215 Å². The molecule has 1 aliphatic carbocycles. The first-order valence-corrected chi connectivity index (χ1v) is 12.3. The number of alkyl halides is 4. The molecule has 0 fully saturated rings. The maximum absolute atomic E-state index is 13.8. The Bertz CT molecular complexity index is 1090. The van der Waals surface area contributed by atoms with Crippen LogP contribution in [0.4, 0.5) is 22.0 Å². The molecule has 0 saturated heterocycles. The minimum Gasteiger partial charge on any atom is -0.494 e. The van der Waals surface area contributed by atoms with Crippen LogP contribution in [0, 0.1) is 0 Å². The van der Waals surface area contributed by atoms with E-state index in [0.29, 0.717) is 48.9 Å². The third-order valence-electron chi connectivity index (χ3n) is 5.18. The van der Waals surface area contributed by atoms with Crippen molar-refractivity contribution in [3.63, 3.8) is 0 Å². The van der Waals surface area contributed by atoms with Crippen LogP contribution in [0.5, 0.6) is 11.5 Å². The van der Waals surface area contributed by atoms with Gasteiger partial charge in [-0.3, -0.25) is 4.79 Å². The number of halogens is 5. The quantitative estimate of drug-likeness (QED) is 0.164. The molecule has 1 N–H and O–H groups in total. The molecule has 2 aromatic rings. The first-order chi connectivity index (χ1) is 17.6. The lowest BCUT2D eigenvalue weighted by molar-refractivity contribution is -0.138. The predicted molar refractivity (Wildman–Crippen MR) is 130 cm³/mol. The van der Waals surface area contributed by atoms with Crippen molar-refractivity contribution in [2.24, 2.45) is 0 Å². The third-order valence-corrected chi connectivity index (χ3v) is 6.28. The van der Waals surface area contributed by atoms with Crippen molar-refractivity contribution in [2.75, 3.05) is 19.7 Å². The number of hydrogen-bond acceptors (Lipinski definition) is 5. The Balaban J connectivity index is 1.48. The van der Waals surface area contributed by atoms with Gasteiger partial charge in [0.25, 0.3) is 0 Å². The van der Waals surface area contributed by atoms with Crippen LogP contribution in [-0.4, -0.2) is 41.2 Å². The molecular formula is C26H26F5NO4S. The van der Waals surface area contributed by atoms with Gasteiger partial charge in [0.15, 0.2) is 11.6 Å². The summed E-state index contributed by atoms with van der Waals surface area (Å²) in [6.45, 7) is 1.29. The zero-order valence-corrected chi connectivity index (χ0v) is 20.5. The molecule has 0 saturated carbocycles. The Morgan fingerprint density at radius 2 is 1.68 bits per heavy atom. The Kier molecular flexibility index (Phi) is 10.4. The zero-order chi connectivity index (χ0) is 26.8. The number of ether oxygens (including phenoxy) is 2. The molecule has 37 heavy (non-hydrogen) atoms. The van der Waals surface area contributed by atoms with Gasteiger partial charge >= 0.3 is 12.1 Å². The molecular weight excluding hydrogens is 517 g/mol. The normalized spacial score (nSPS) is 15.8. The minimum atomic E-state index is -4.41. The van der Waals surface area contributed by atoms with Crippen LogP contribution in [0.15, 0.2) is 77.2 Å². The van der Waals surface area contributed by atoms with E-state index < -0.39 is 29.7 Å². The number of carboxylic acid groups (broad SMARTS) is 1. The van der Waals surface area contributed by atoms with Crippen LogP contribution >= 0.6 is 11.9 Å². The number of aliphatic carboxylic acids is 1. The van der Waals surface area contributed by atoms with Crippen molar-refractivity contribution in [3.05, 3.63) is 77.8 Å².